The molecule has 1 aliphatic heterocycles. The fourth-order valence-corrected chi connectivity index (χ4v) is 1.75. The summed E-state index contributed by atoms with van der Waals surface area (Å²) in [5.74, 6) is -0.218. The smallest absolute Gasteiger partial charge is 0.245 e. The number of amides is 2. The summed E-state index contributed by atoms with van der Waals surface area (Å²) in [4.78, 5) is 25.2. The first-order chi connectivity index (χ1) is 8.20. The maximum Gasteiger partial charge on any atom is 0.245 e. The zero-order valence-electron chi connectivity index (χ0n) is 10.3. The number of nitrogens with zero attached hydrogens (tertiary/aromatic N) is 1. The Morgan fingerprint density at radius 3 is 2.94 bits per heavy atom. The van der Waals surface area contributed by atoms with Crippen molar-refractivity contribution >= 4 is 11.8 Å². The van der Waals surface area contributed by atoms with Crippen molar-refractivity contribution in [2.24, 2.45) is 5.73 Å². The van der Waals surface area contributed by atoms with Crippen molar-refractivity contribution in [3.05, 3.63) is 0 Å². The molecule has 1 heterocycles. The Balaban J connectivity index is 2.58. The van der Waals surface area contributed by atoms with E-state index in [1.54, 1.807) is 4.90 Å². The van der Waals surface area contributed by atoms with Gasteiger partial charge in [0.1, 0.15) is 6.04 Å². The zero-order valence-corrected chi connectivity index (χ0v) is 10.3. The van der Waals surface area contributed by atoms with Gasteiger partial charge in [-0.3, -0.25) is 9.59 Å². The number of nitrogens with one attached hydrogen (secondary N) is 1. The van der Waals surface area contributed by atoms with Crippen LogP contribution in [0.3, 0.4) is 0 Å². The maximum atomic E-state index is 11.9. The summed E-state index contributed by atoms with van der Waals surface area (Å²) in [6, 6.07) is -0.505. The molecular formula is C11H21N3O3. The standard InChI is InChI=1S/C11H21N3O3/c1-2-5-13-11(16)9-8-17-7-6-14(9)10(15)3-4-12/h9H,2-8,12H2,1H3,(H,13,16). The summed E-state index contributed by atoms with van der Waals surface area (Å²) < 4.78 is 5.26. The molecule has 0 aromatic carbocycles. The number of carbonyl (C=O) groups excluding carboxylic acids is 2. The van der Waals surface area contributed by atoms with Gasteiger partial charge in [0, 0.05) is 26.1 Å². The fraction of sp³-hybridized carbons (Fsp3) is 0.818. The van der Waals surface area contributed by atoms with Crippen molar-refractivity contribution in [3.8, 4) is 0 Å². The first-order valence-electron chi connectivity index (χ1n) is 6.05. The summed E-state index contributed by atoms with van der Waals surface area (Å²) in [5.41, 5.74) is 5.36. The van der Waals surface area contributed by atoms with E-state index in [9.17, 15) is 9.59 Å². The summed E-state index contributed by atoms with van der Waals surface area (Å²) in [6.07, 6.45) is 1.15. The Hall–Kier alpha value is -1.14. The topological polar surface area (TPSA) is 84.7 Å². The van der Waals surface area contributed by atoms with Crippen molar-refractivity contribution in [1.29, 1.82) is 0 Å². The number of rotatable bonds is 5. The van der Waals surface area contributed by atoms with Crippen LogP contribution in [0.5, 0.6) is 0 Å². The zero-order chi connectivity index (χ0) is 12.7. The molecule has 0 spiro atoms. The highest BCUT2D eigenvalue weighted by molar-refractivity contribution is 5.88. The molecule has 1 unspecified atom stereocenters. The Kier molecular flexibility index (Phi) is 5.93. The monoisotopic (exact) mass is 243 g/mol. The molecule has 1 aliphatic rings. The van der Waals surface area contributed by atoms with Crippen molar-refractivity contribution in [3.63, 3.8) is 0 Å². The van der Waals surface area contributed by atoms with E-state index in [4.69, 9.17) is 10.5 Å². The predicted octanol–water partition coefficient (Wildman–Crippen LogP) is -0.911. The molecule has 0 aliphatic carbocycles. The lowest BCUT2D eigenvalue weighted by molar-refractivity contribution is -0.148. The fourth-order valence-electron chi connectivity index (χ4n) is 1.75. The summed E-state index contributed by atoms with van der Waals surface area (Å²) >= 11 is 0. The van der Waals surface area contributed by atoms with Gasteiger partial charge < -0.3 is 20.7 Å². The third kappa shape index (κ3) is 3.98. The molecule has 0 saturated carbocycles. The molecule has 3 N–H and O–H groups in total. The minimum Gasteiger partial charge on any atom is -0.377 e. The van der Waals surface area contributed by atoms with Gasteiger partial charge in [-0.05, 0) is 6.42 Å². The van der Waals surface area contributed by atoms with E-state index in [-0.39, 0.29) is 24.8 Å². The van der Waals surface area contributed by atoms with Crippen LogP contribution in [0.2, 0.25) is 0 Å². The van der Waals surface area contributed by atoms with Gasteiger partial charge in [-0.15, -0.1) is 0 Å². The van der Waals surface area contributed by atoms with Crippen molar-refractivity contribution < 1.29 is 14.3 Å². The van der Waals surface area contributed by atoms with Crippen molar-refractivity contribution in [2.75, 3.05) is 32.8 Å². The number of ether oxygens (including phenoxy) is 1. The van der Waals surface area contributed by atoms with E-state index in [0.717, 1.165) is 6.42 Å². The Morgan fingerprint density at radius 2 is 2.29 bits per heavy atom. The molecule has 2 amide bonds. The van der Waals surface area contributed by atoms with Crippen LogP contribution in [-0.2, 0) is 14.3 Å². The Morgan fingerprint density at radius 1 is 1.53 bits per heavy atom. The van der Waals surface area contributed by atoms with Crippen LogP contribution >= 0.6 is 0 Å². The summed E-state index contributed by atoms with van der Waals surface area (Å²) in [7, 11) is 0. The largest absolute Gasteiger partial charge is 0.377 e. The van der Waals surface area contributed by atoms with E-state index in [1.807, 2.05) is 6.92 Å². The molecule has 1 atom stereocenters. The van der Waals surface area contributed by atoms with Gasteiger partial charge in [0.15, 0.2) is 0 Å². The molecule has 0 radical (unpaired) electrons. The van der Waals surface area contributed by atoms with Crippen LogP contribution < -0.4 is 11.1 Å². The lowest BCUT2D eigenvalue weighted by Gasteiger charge is -2.34. The number of hydrogen-bond donors (Lipinski definition) is 2. The lowest BCUT2D eigenvalue weighted by atomic mass is 10.2. The molecular weight excluding hydrogens is 222 g/mol. The molecule has 1 fully saturated rings. The number of nitrogens with two attached hydrogens (primary N) is 1. The van der Waals surface area contributed by atoms with Gasteiger partial charge in [-0.2, -0.15) is 0 Å². The first kappa shape index (κ1) is 13.9. The highest BCUT2D eigenvalue weighted by Gasteiger charge is 2.31. The van der Waals surface area contributed by atoms with Crippen molar-refractivity contribution in [2.45, 2.75) is 25.8 Å². The predicted molar refractivity (Wildman–Crippen MR) is 63.3 cm³/mol. The molecule has 0 aromatic rings. The second-order valence-corrected chi connectivity index (χ2v) is 4.01. The molecule has 1 saturated heterocycles. The second-order valence-electron chi connectivity index (χ2n) is 4.01. The molecule has 1 rings (SSSR count). The van der Waals surface area contributed by atoms with Gasteiger partial charge in [-0.25, -0.2) is 0 Å². The highest BCUT2D eigenvalue weighted by atomic mass is 16.5. The maximum absolute atomic E-state index is 11.9. The average molecular weight is 243 g/mol. The Labute approximate surface area is 101 Å². The average Bonchev–Trinajstić information content (AvgIpc) is 2.36. The molecule has 6 heteroatoms. The van der Waals surface area contributed by atoms with Gasteiger partial charge in [0.25, 0.3) is 0 Å². The minimum atomic E-state index is -0.505. The molecule has 0 bridgehead atoms. The van der Waals surface area contributed by atoms with Gasteiger partial charge in [0.2, 0.25) is 11.8 Å². The van der Waals surface area contributed by atoms with Gasteiger partial charge in [-0.1, -0.05) is 6.92 Å². The van der Waals surface area contributed by atoms with E-state index in [0.29, 0.717) is 26.2 Å². The number of morpholine rings is 1. The summed E-state index contributed by atoms with van der Waals surface area (Å²) in [6.45, 7) is 4.12. The molecule has 6 nitrogen and oxygen atoms in total. The van der Waals surface area contributed by atoms with E-state index >= 15 is 0 Å². The van der Waals surface area contributed by atoms with Crippen LogP contribution in [0.15, 0.2) is 0 Å². The lowest BCUT2D eigenvalue weighted by Crippen LogP contribution is -2.56. The van der Waals surface area contributed by atoms with Gasteiger partial charge >= 0.3 is 0 Å². The van der Waals surface area contributed by atoms with Crippen LogP contribution in [0.1, 0.15) is 19.8 Å². The first-order valence-corrected chi connectivity index (χ1v) is 6.05. The second kappa shape index (κ2) is 7.24. The van der Waals surface area contributed by atoms with E-state index < -0.39 is 6.04 Å². The molecule has 0 aromatic heterocycles. The quantitative estimate of drug-likeness (QED) is 0.654. The summed E-state index contributed by atoms with van der Waals surface area (Å²) in [5, 5.41) is 2.78. The third-order valence-corrected chi connectivity index (χ3v) is 2.66. The number of hydrogen-bond acceptors (Lipinski definition) is 4. The van der Waals surface area contributed by atoms with Gasteiger partial charge in [0.05, 0.1) is 13.2 Å². The highest BCUT2D eigenvalue weighted by Crippen LogP contribution is 2.09. The third-order valence-electron chi connectivity index (χ3n) is 2.66. The van der Waals surface area contributed by atoms with Crippen molar-refractivity contribution in [1.82, 2.24) is 10.2 Å². The SMILES string of the molecule is CCCNC(=O)C1COCCN1C(=O)CCN. The molecule has 17 heavy (non-hydrogen) atoms. The van der Waals surface area contributed by atoms with Crippen LogP contribution in [0.25, 0.3) is 0 Å². The van der Waals surface area contributed by atoms with Crippen LogP contribution in [0, 0.1) is 0 Å². The Bertz CT molecular complexity index is 271. The molecule has 98 valence electrons. The van der Waals surface area contributed by atoms with Crippen LogP contribution in [-0.4, -0.2) is 55.6 Å². The van der Waals surface area contributed by atoms with E-state index in [1.165, 1.54) is 0 Å². The van der Waals surface area contributed by atoms with Crippen LogP contribution in [0.4, 0.5) is 0 Å². The van der Waals surface area contributed by atoms with E-state index in [2.05, 4.69) is 5.32 Å². The number of carbonyl (C=O) groups is 2. The normalized spacial score (nSPS) is 20.1. The minimum absolute atomic E-state index is 0.0764.